The Morgan fingerprint density at radius 1 is 1.15 bits per heavy atom. The van der Waals surface area contributed by atoms with Gasteiger partial charge in [-0.25, -0.2) is 4.98 Å². The van der Waals surface area contributed by atoms with Crippen molar-refractivity contribution >= 4 is 22.3 Å². The van der Waals surface area contributed by atoms with Crippen molar-refractivity contribution in [2.75, 3.05) is 42.3 Å². The number of rotatable bonds is 4. The number of pyridine rings is 1. The van der Waals surface area contributed by atoms with E-state index >= 15 is 0 Å². The summed E-state index contributed by atoms with van der Waals surface area (Å²) >= 11 is 0. The molecule has 0 saturated carbocycles. The van der Waals surface area contributed by atoms with Crippen LogP contribution in [0.4, 0.5) is 11.5 Å². The maximum absolute atomic E-state index is 12.5. The van der Waals surface area contributed by atoms with Gasteiger partial charge in [0.05, 0.1) is 27.1 Å². The molecule has 0 bridgehead atoms. The van der Waals surface area contributed by atoms with E-state index in [0.29, 0.717) is 17.7 Å². The van der Waals surface area contributed by atoms with Crippen LogP contribution in [0, 0.1) is 0 Å². The molecule has 1 atom stereocenters. The number of anilines is 2. The van der Waals surface area contributed by atoms with Gasteiger partial charge in [0.25, 0.3) is 0 Å². The molecule has 0 radical (unpaired) electrons. The first-order chi connectivity index (χ1) is 13.3. The lowest BCUT2D eigenvalue weighted by Crippen LogP contribution is -2.45. The Morgan fingerprint density at radius 3 is 2.70 bits per heavy atom. The fraction of sp³-hybridized carbons (Fsp3) is 0.476. The van der Waals surface area contributed by atoms with E-state index in [0.717, 1.165) is 67.7 Å². The van der Waals surface area contributed by atoms with Crippen LogP contribution in [-0.2, 0) is 22.0 Å². The van der Waals surface area contributed by atoms with Gasteiger partial charge in [0.15, 0.2) is 0 Å². The third-order valence-corrected chi connectivity index (χ3v) is 7.32. The van der Waals surface area contributed by atoms with Crippen LogP contribution in [0.2, 0.25) is 0 Å². The Labute approximate surface area is 162 Å². The molecule has 5 rings (SSSR count). The molecule has 0 aliphatic carbocycles. The number of hydrogen-bond acceptors (Lipinski definition) is 5. The highest BCUT2D eigenvalue weighted by molar-refractivity contribution is 7.85. The molecule has 2 fully saturated rings. The van der Waals surface area contributed by atoms with Crippen molar-refractivity contribution in [1.29, 1.82) is 0 Å². The maximum atomic E-state index is 12.5. The second kappa shape index (κ2) is 7.24. The minimum absolute atomic E-state index is 0.393. The second-order valence-electron chi connectivity index (χ2n) is 7.65. The summed E-state index contributed by atoms with van der Waals surface area (Å²) in [5.41, 5.74) is 3.45. The summed E-state index contributed by atoms with van der Waals surface area (Å²) in [6, 6.07) is 13.2. The van der Waals surface area contributed by atoms with Crippen LogP contribution >= 0.6 is 0 Å². The zero-order valence-electron chi connectivity index (χ0n) is 15.4. The first-order valence-electron chi connectivity index (χ1n) is 9.84. The highest BCUT2D eigenvalue weighted by Gasteiger charge is 2.32. The van der Waals surface area contributed by atoms with Gasteiger partial charge >= 0.3 is 0 Å². The second-order valence-corrected chi connectivity index (χ2v) is 9.15. The molecule has 6 heteroatoms. The van der Waals surface area contributed by atoms with Gasteiger partial charge in [-0.1, -0.05) is 30.3 Å². The quantitative estimate of drug-likeness (QED) is 0.880. The number of nitrogens with zero attached hydrogens (tertiary/aromatic N) is 2. The van der Waals surface area contributed by atoms with Crippen LogP contribution in [0.3, 0.4) is 0 Å². The molecule has 5 nitrogen and oxygen atoms in total. The Hall–Kier alpha value is -1.92. The molecule has 27 heavy (non-hydrogen) atoms. The van der Waals surface area contributed by atoms with E-state index in [1.165, 1.54) is 5.56 Å². The summed E-state index contributed by atoms with van der Waals surface area (Å²) in [5, 5.41) is 3.66. The largest absolute Gasteiger partial charge is 0.381 e. The predicted octanol–water partition coefficient (Wildman–Crippen LogP) is 2.94. The number of ether oxygens (including phenoxy) is 1. The fourth-order valence-corrected chi connectivity index (χ4v) is 5.58. The zero-order valence-corrected chi connectivity index (χ0v) is 16.2. The van der Waals surface area contributed by atoms with Crippen LogP contribution in [0.15, 0.2) is 41.3 Å². The minimum atomic E-state index is -0.931. The van der Waals surface area contributed by atoms with E-state index in [-0.39, 0.29) is 0 Å². The van der Waals surface area contributed by atoms with Gasteiger partial charge in [-0.05, 0) is 18.4 Å². The smallest absolute Gasteiger partial charge is 0.131 e. The van der Waals surface area contributed by atoms with E-state index in [4.69, 9.17) is 9.72 Å². The third-order valence-electron chi connectivity index (χ3n) is 5.84. The number of benzene rings is 1. The van der Waals surface area contributed by atoms with Crippen molar-refractivity contribution in [1.82, 2.24) is 4.98 Å². The lowest BCUT2D eigenvalue weighted by molar-refractivity contribution is 0.0904. The van der Waals surface area contributed by atoms with Crippen LogP contribution in [0.5, 0.6) is 0 Å². The van der Waals surface area contributed by atoms with Crippen LogP contribution in [-0.4, -0.2) is 47.3 Å². The number of fused-ring (bicyclic) bond motifs is 1. The molecule has 0 unspecified atom stereocenters. The van der Waals surface area contributed by atoms with Gasteiger partial charge in [-0.3, -0.25) is 4.21 Å². The van der Waals surface area contributed by atoms with Gasteiger partial charge in [-0.2, -0.15) is 0 Å². The molecule has 2 aromatic rings. The molecule has 1 aromatic heterocycles. The number of aryl methyl sites for hydroxylation is 1. The summed E-state index contributed by atoms with van der Waals surface area (Å²) in [4.78, 5) is 8.15. The lowest BCUT2D eigenvalue weighted by atomic mass is 9.91. The molecule has 1 N–H and O–H groups in total. The van der Waals surface area contributed by atoms with Gasteiger partial charge in [0.1, 0.15) is 5.82 Å². The highest BCUT2D eigenvalue weighted by Crippen LogP contribution is 2.37. The third kappa shape index (κ3) is 3.36. The molecular formula is C21H25N3O2S. The van der Waals surface area contributed by atoms with Gasteiger partial charge < -0.3 is 15.0 Å². The van der Waals surface area contributed by atoms with Crippen LogP contribution in [0.1, 0.15) is 30.0 Å². The summed E-state index contributed by atoms with van der Waals surface area (Å²) in [6.07, 6.45) is 2.81. The normalized spacial score (nSPS) is 23.1. The number of aromatic nitrogens is 1. The molecule has 142 valence electrons. The van der Waals surface area contributed by atoms with Crippen LogP contribution < -0.4 is 10.2 Å². The molecule has 0 spiro atoms. The molecule has 4 heterocycles. The topological polar surface area (TPSA) is 54.5 Å². The fourth-order valence-electron chi connectivity index (χ4n) is 4.22. The van der Waals surface area contributed by atoms with Gasteiger partial charge in [0, 0.05) is 56.5 Å². The molecule has 3 aliphatic heterocycles. The molecule has 0 amide bonds. The summed E-state index contributed by atoms with van der Waals surface area (Å²) in [5.74, 6) is 2.29. The summed E-state index contributed by atoms with van der Waals surface area (Å²) in [7, 11) is -0.931. The summed E-state index contributed by atoms with van der Waals surface area (Å²) < 4.78 is 18.0. The molecule has 3 aliphatic rings. The van der Waals surface area contributed by atoms with Crippen LogP contribution in [0.25, 0.3) is 0 Å². The van der Waals surface area contributed by atoms with Crippen molar-refractivity contribution in [2.24, 2.45) is 0 Å². The molecule has 1 aromatic carbocycles. The Balaban J connectivity index is 1.38. The minimum Gasteiger partial charge on any atom is -0.381 e. The Bertz CT molecular complexity index is 846. The van der Waals surface area contributed by atoms with Crippen molar-refractivity contribution in [3.63, 3.8) is 0 Å². The molecule has 2 saturated heterocycles. The van der Waals surface area contributed by atoms with E-state index in [9.17, 15) is 4.21 Å². The standard InChI is InChI=1S/C21H25N3O2S/c25-27-11-8-18-21(27)19(22-17-6-9-26-10-7-17)12-20(23-18)24-13-16(14-24)15-4-2-1-3-5-15/h1-5,12,16-17H,6-11,13-14H2,(H,22,23)/t27-/m1/s1. The van der Waals surface area contributed by atoms with E-state index < -0.39 is 10.8 Å². The lowest BCUT2D eigenvalue weighted by Gasteiger charge is -2.41. The van der Waals surface area contributed by atoms with Crippen molar-refractivity contribution in [2.45, 2.75) is 36.1 Å². The Kier molecular flexibility index (Phi) is 4.61. The SMILES string of the molecule is O=[S@@]1CCc2nc(N3CC(c4ccccc4)C3)cc(NC3CCOCC3)c21. The van der Waals surface area contributed by atoms with E-state index in [1.807, 2.05) is 0 Å². The Morgan fingerprint density at radius 2 is 1.93 bits per heavy atom. The summed E-state index contributed by atoms with van der Waals surface area (Å²) in [6.45, 7) is 3.59. The predicted molar refractivity (Wildman–Crippen MR) is 108 cm³/mol. The number of nitrogens with one attached hydrogen (secondary N) is 1. The first-order valence-corrected chi connectivity index (χ1v) is 11.2. The average Bonchev–Trinajstić information content (AvgIpc) is 3.04. The van der Waals surface area contributed by atoms with Gasteiger partial charge in [0.2, 0.25) is 0 Å². The zero-order chi connectivity index (χ0) is 18.2. The average molecular weight is 384 g/mol. The van der Waals surface area contributed by atoms with E-state index in [1.54, 1.807) is 0 Å². The number of hydrogen-bond donors (Lipinski definition) is 1. The maximum Gasteiger partial charge on any atom is 0.131 e. The van der Waals surface area contributed by atoms with Crippen molar-refractivity contribution < 1.29 is 8.95 Å². The monoisotopic (exact) mass is 383 g/mol. The highest BCUT2D eigenvalue weighted by atomic mass is 32.2. The van der Waals surface area contributed by atoms with Crippen molar-refractivity contribution in [3.05, 3.63) is 47.7 Å². The van der Waals surface area contributed by atoms with E-state index in [2.05, 4.69) is 46.6 Å². The van der Waals surface area contributed by atoms with Crippen molar-refractivity contribution in [3.8, 4) is 0 Å². The first kappa shape index (κ1) is 17.2. The van der Waals surface area contributed by atoms with Gasteiger partial charge in [-0.15, -0.1) is 0 Å². The molecular weight excluding hydrogens is 358 g/mol.